The fourth-order valence-electron chi connectivity index (χ4n) is 2.37. The standard InChI is InChI=1S/C15H20O5/c1-18-12-7-10(8-13(19-2)14(12)20-3)11(15(16)17)6-9-4-5-9/h7-9,11H,4-6H2,1-3H3,(H,16,17). The Labute approximate surface area is 118 Å². The van der Waals surface area contributed by atoms with Crippen LogP contribution < -0.4 is 14.2 Å². The minimum absolute atomic E-state index is 0.481. The molecule has 1 aliphatic rings. The highest BCUT2D eigenvalue weighted by molar-refractivity contribution is 5.77. The van der Waals surface area contributed by atoms with Crippen molar-refractivity contribution < 1.29 is 24.1 Å². The van der Waals surface area contributed by atoms with E-state index in [0.717, 1.165) is 12.8 Å². The fourth-order valence-corrected chi connectivity index (χ4v) is 2.37. The predicted octanol–water partition coefficient (Wildman–Crippen LogP) is 2.68. The molecule has 0 heterocycles. The van der Waals surface area contributed by atoms with Crippen molar-refractivity contribution in [2.45, 2.75) is 25.2 Å². The van der Waals surface area contributed by atoms with Crippen LogP contribution in [0.2, 0.25) is 0 Å². The fraction of sp³-hybridized carbons (Fsp3) is 0.533. The highest BCUT2D eigenvalue weighted by Gasteiger charge is 2.31. The molecule has 1 aliphatic carbocycles. The van der Waals surface area contributed by atoms with Crippen LogP contribution in [0.3, 0.4) is 0 Å². The van der Waals surface area contributed by atoms with Crippen LogP contribution in [0, 0.1) is 5.92 Å². The third kappa shape index (κ3) is 2.98. The molecular weight excluding hydrogens is 260 g/mol. The lowest BCUT2D eigenvalue weighted by atomic mass is 9.93. The second-order valence-electron chi connectivity index (χ2n) is 5.03. The molecular formula is C15H20O5. The van der Waals surface area contributed by atoms with Crippen LogP contribution in [0.25, 0.3) is 0 Å². The summed E-state index contributed by atoms with van der Waals surface area (Å²) in [5.74, 6) is 0.639. The van der Waals surface area contributed by atoms with Crippen LogP contribution in [0.5, 0.6) is 17.2 Å². The molecule has 1 aromatic carbocycles. The number of carbonyl (C=O) groups is 1. The van der Waals surface area contributed by atoms with E-state index in [4.69, 9.17) is 14.2 Å². The Hall–Kier alpha value is -1.91. The van der Waals surface area contributed by atoms with Crippen molar-refractivity contribution >= 4 is 5.97 Å². The maximum Gasteiger partial charge on any atom is 0.310 e. The van der Waals surface area contributed by atoms with Crippen LogP contribution in [-0.4, -0.2) is 32.4 Å². The SMILES string of the molecule is COc1cc(C(CC2CC2)C(=O)O)cc(OC)c1OC. The normalized spacial score (nSPS) is 15.6. The van der Waals surface area contributed by atoms with Crippen molar-refractivity contribution in [3.63, 3.8) is 0 Å². The van der Waals surface area contributed by atoms with Gasteiger partial charge in [0.2, 0.25) is 5.75 Å². The molecule has 1 unspecified atom stereocenters. The molecule has 1 aromatic rings. The van der Waals surface area contributed by atoms with Gasteiger partial charge in [0.25, 0.3) is 0 Å². The molecule has 5 heteroatoms. The highest BCUT2D eigenvalue weighted by Crippen LogP contribution is 2.44. The van der Waals surface area contributed by atoms with E-state index in [1.165, 1.54) is 21.3 Å². The summed E-state index contributed by atoms with van der Waals surface area (Å²) in [6.07, 6.45) is 2.90. The van der Waals surface area contributed by atoms with Gasteiger partial charge >= 0.3 is 5.97 Å². The van der Waals surface area contributed by atoms with Crippen molar-refractivity contribution in [2.24, 2.45) is 5.92 Å². The zero-order chi connectivity index (χ0) is 14.7. The first-order valence-electron chi connectivity index (χ1n) is 6.63. The molecule has 110 valence electrons. The number of carboxylic acids is 1. The summed E-state index contributed by atoms with van der Waals surface area (Å²) >= 11 is 0. The second kappa shape index (κ2) is 6.03. The number of hydrogen-bond acceptors (Lipinski definition) is 4. The Morgan fingerprint density at radius 2 is 1.75 bits per heavy atom. The number of ether oxygens (including phenoxy) is 3. The van der Waals surface area contributed by atoms with E-state index < -0.39 is 11.9 Å². The first kappa shape index (κ1) is 14.5. The maximum absolute atomic E-state index is 11.5. The van der Waals surface area contributed by atoms with E-state index in [0.29, 0.717) is 35.2 Å². The third-order valence-electron chi connectivity index (χ3n) is 3.65. The van der Waals surface area contributed by atoms with Gasteiger partial charge in [0, 0.05) is 0 Å². The summed E-state index contributed by atoms with van der Waals surface area (Å²) in [5.41, 5.74) is 0.693. The smallest absolute Gasteiger partial charge is 0.310 e. The van der Waals surface area contributed by atoms with Gasteiger partial charge in [0.1, 0.15) is 0 Å². The third-order valence-corrected chi connectivity index (χ3v) is 3.65. The summed E-state index contributed by atoms with van der Waals surface area (Å²) in [6, 6.07) is 3.45. The van der Waals surface area contributed by atoms with Gasteiger partial charge in [0.15, 0.2) is 11.5 Å². The van der Waals surface area contributed by atoms with Crippen molar-refractivity contribution in [1.82, 2.24) is 0 Å². The molecule has 0 saturated heterocycles. The van der Waals surface area contributed by atoms with E-state index in [1.54, 1.807) is 12.1 Å². The Morgan fingerprint density at radius 1 is 1.20 bits per heavy atom. The molecule has 20 heavy (non-hydrogen) atoms. The van der Waals surface area contributed by atoms with Gasteiger partial charge in [-0.15, -0.1) is 0 Å². The van der Waals surface area contributed by atoms with Gasteiger partial charge in [-0.25, -0.2) is 0 Å². The lowest BCUT2D eigenvalue weighted by molar-refractivity contribution is -0.139. The molecule has 2 rings (SSSR count). The summed E-state index contributed by atoms with van der Waals surface area (Å²) < 4.78 is 15.8. The monoisotopic (exact) mass is 280 g/mol. The lowest BCUT2D eigenvalue weighted by Gasteiger charge is -2.17. The van der Waals surface area contributed by atoms with Crippen molar-refractivity contribution in [3.05, 3.63) is 17.7 Å². The quantitative estimate of drug-likeness (QED) is 0.832. The molecule has 1 saturated carbocycles. The van der Waals surface area contributed by atoms with Gasteiger partial charge in [-0.3, -0.25) is 4.79 Å². The van der Waals surface area contributed by atoms with E-state index in [2.05, 4.69) is 0 Å². The van der Waals surface area contributed by atoms with Crippen LogP contribution in [0.15, 0.2) is 12.1 Å². The van der Waals surface area contributed by atoms with E-state index in [-0.39, 0.29) is 0 Å². The average Bonchev–Trinajstić information content (AvgIpc) is 3.26. The molecule has 0 spiro atoms. The largest absolute Gasteiger partial charge is 0.493 e. The molecule has 5 nitrogen and oxygen atoms in total. The predicted molar refractivity (Wildman–Crippen MR) is 73.8 cm³/mol. The molecule has 0 aliphatic heterocycles. The van der Waals surface area contributed by atoms with Gasteiger partial charge < -0.3 is 19.3 Å². The maximum atomic E-state index is 11.5. The number of carboxylic acid groups (broad SMARTS) is 1. The number of methoxy groups -OCH3 is 3. The molecule has 0 bridgehead atoms. The minimum atomic E-state index is -0.814. The molecule has 0 aromatic heterocycles. The summed E-state index contributed by atoms with van der Waals surface area (Å²) in [7, 11) is 4.58. The summed E-state index contributed by atoms with van der Waals surface area (Å²) in [4.78, 5) is 11.5. The van der Waals surface area contributed by atoms with Gasteiger partial charge in [-0.2, -0.15) is 0 Å². The Morgan fingerprint density at radius 3 is 2.10 bits per heavy atom. The number of hydrogen-bond donors (Lipinski definition) is 1. The zero-order valence-electron chi connectivity index (χ0n) is 12.0. The summed E-state index contributed by atoms with van der Waals surface area (Å²) in [6.45, 7) is 0. The number of rotatable bonds is 7. The number of aliphatic carboxylic acids is 1. The Balaban J connectivity index is 2.40. The van der Waals surface area contributed by atoms with Crippen molar-refractivity contribution in [3.8, 4) is 17.2 Å². The molecule has 0 radical (unpaired) electrons. The van der Waals surface area contributed by atoms with Crippen LogP contribution in [0.4, 0.5) is 0 Å². The lowest BCUT2D eigenvalue weighted by Crippen LogP contribution is -2.13. The average molecular weight is 280 g/mol. The second-order valence-corrected chi connectivity index (χ2v) is 5.03. The van der Waals surface area contributed by atoms with Gasteiger partial charge in [-0.1, -0.05) is 12.8 Å². The van der Waals surface area contributed by atoms with Crippen LogP contribution in [-0.2, 0) is 4.79 Å². The first-order chi connectivity index (χ1) is 9.60. The van der Waals surface area contributed by atoms with E-state index in [9.17, 15) is 9.90 Å². The van der Waals surface area contributed by atoms with E-state index >= 15 is 0 Å². The van der Waals surface area contributed by atoms with Gasteiger partial charge in [-0.05, 0) is 30.0 Å². The first-order valence-corrected chi connectivity index (χ1v) is 6.63. The highest BCUT2D eigenvalue weighted by atomic mass is 16.5. The zero-order valence-corrected chi connectivity index (χ0v) is 12.0. The Bertz CT molecular complexity index is 468. The molecule has 1 fully saturated rings. The van der Waals surface area contributed by atoms with Gasteiger partial charge in [0.05, 0.1) is 27.2 Å². The molecule has 1 atom stereocenters. The van der Waals surface area contributed by atoms with Crippen LogP contribution >= 0.6 is 0 Å². The molecule has 1 N–H and O–H groups in total. The van der Waals surface area contributed by atoms with Crippen molar-refractivity contribution in [1.29, 1.82) is 0 Å². The Kier molecular flexibility index (Phi) is 4.37. The summed E-state index contributed by atoms with van der Waals surface area (Å²) in [5, 5.41) is 9.44. The van der Waals surface area contributed by atoms with Crippen molar-refractivity contribution in [2.75, 3.05) is 21.3 Å². The number of benzene rings is 1. The minimum Gasteiger partial charge on any atom is -0.493 e. The topological polar surface area (TPSA) is 65.0 Å². The van der Waals surface area contributed by atoms with Crippen LogP contribution in [0.1, 0.15) is 30.7 Å². The van der Waals surface area contributed by atoms with E-state index in [1.807, 2.05) is 0 Å². The molecule has 0 amide bonds.